The molecule has 0 spiro atoms. The lowest BCUT2D eigenvalue weighted by atomic mass is 9.88. The van der Waals surface area contributed by atoms with Gasteiger partial charge in [0, 0.05) is 23.4 Å². The molecule has 1 aromatic rings. The van der Waals surface area contributed by atoms with Gasteiger partial charge >= 0.3 is 0 Å². The third kappa shape index (κ3) is 4.24. The number of aliphatic hydroxyl groups excluding tert-OH is 1. The Bertz CT molecular complexity index is 528. The second kappa shape index (κ2) is 6.30. The van der Waals surface area contributed by atoms with E-state index in [9.17, 15) is 13.5 Å². The average Bonchev–Trinajstić information content (AvgIpc) is 2.38. The van der Waals surface area contributed by atoms with Crippen LogP contribution in [0.2, 0.25) is 0 Å². The summed E-state index contributed by atoms with van der Waals surface area (Å²) >= 11 is 3.21. The lowest BCUT2D eigenvalue weighted by Crippen LogP contribution is -2.32. The molecule has 7 heteroatoms. The third-order valence-corrected chi connectivity index (χ3v) is 5.19. The summed E-state index contributed by atoms with van der Waals surface area (Å²) < 4.78 is 27.4. The normalized spacial score (nSPS) is 24.3. The Kier molecular flexibility index (Phi) is 4.94. The van der Waals surface area contributed by atoms with Crippen molar-refractivity contribution in [1.82, 2.24) is 9.71 Å². The van der Waals surface area contributed by atoms with Crippen LogP contribution < -0.4 is 4.72 Å². The Morgan fingerprint density at radius 1 is 1.32 bits per heavy atom. The smallest absolute Gasteiger partial charge is 0.242 e. The lowest BCUT2D eigenvalue weighted by Gasteiger charge is -2.25. The average molecular weight is 349 g/mol. The molecule has 0 aliphatic heterocycles. The number of nitrogens with one attached hydrogen (secondary N) is 1. The van der Waals surface area contributed by atoms with Gasteiger partial charge in [0.2, 0.25) is 10.0 Å². The van der Waals surface area contributed by atoms with E-state index in [1.807, 2.05) is 0 Å². The molecule has 0 saturated heterocycles. The van der Waals surface area contributed by atoms with E-state index in [4.69, 9.17) is 0 Å². The molecule has 2 N–H and O–H groups in total. The maximum atomic E-state index is 12.1. The van der Waals surface area contributed by atoms with E-state index in [2.05, 4.69) is 25.6 Å². The first-order valence-corrected chi connectivity index (χ1v) is 8.53. The van der Waals surface area contributed by atoms with Crippen molar-refractivity contribution in [3.8, 4) is 0 Å². The zero-order chi connectivity index (χ0) is 13.9. The highest BCUT2D eigenvalue weighted by molar-refractivity contribution is 9.10. The molecule has 0 unspecified atom stereocenters. The van der Waals surface area contributed by atoms with E-state index in [-0.39, 0.29) is 11.0 Å². The highest BCUT2D eigenvalue weighted by Crippen LogP contribution is 2.24. The van der Waals surface area contributed by atoms with Gasteiger partial charge in [-0.2, -0.15) is 0 Å². The van der Waals surface area contributed by atoms with Crippen LogP contribution in [0.25, 0.3) is 0 Å². The van der Waals surface area contributed by atoms with Gasteiger partial charge in [0.25, 0.3) is 0 Å². The molecule has 1 heterocycles. The number of aromatic nitrogens is 1. The minimum absolute atomic E-state index is 0.165. The van der Waals surface area contributed by atoms with Gasteiger partial charge < -0.3 is 5.11 Å². The number of hydrogen-bond donors (Lipinski definition) is 2. The largest absolute Gasteiger partial charge is 0.393 e. The molecule has 0 amide bonds. The highest BCUT2D eigenvalue weighted by atomic mass is 79.9. The Balaban J connectivity index is 1.95. The molecule has 0 radical (unpaired) electrons. The van der Waals surface area contributed by atoms with Gasteiger partial charge in [0.05, 0.1) is 6.10 Å². The van der Waals surface area contributed by atoms with Crippen molar-refractivity contribution in [2.45, 2.75) is 36.7 Å². The standard InChI is InChI=1S/C12H17BrN2O3S/c13-10-5-12(8-14-7-10)19(17,18)15-6-9-1-3-11(16)4-2-9/h5,7-9,11,15-16H,1-4,6H2. The molecule has 1 fully saturated rings. The molecule has 0 aromatic carbocycles. The van der Waals surface area contributed by atoms with E-state index >= 15 is 0 Å². The van der Waals surface area contributed by atoms with E-state index < -0.39 is 10.0 Å². The minimum Gasteiger partial charge on any atom is -0.393 e. The fourth-order valence-electron chi connectivity index (χ4n) is 2.20. The van der Waals surface area contributed by atoms with Crippen molar-refractivity contribution < 1.29 is 13.5 Å². The summed E-state index contributed by atoms with van der Waals surface area (Å²) in [4.78, 5) is 4.02. The van der Waals surface area contributed by atoms with Crippen LogP contribution in [-0.4, -0.2) is 31.2 Å². The fourth-order valence-corrected chi connectivity index (χ4v) is 3.82. The van der Waals surface area contributed by atoms with Gasteiger partial charge in [-0.15, -0.1) is 0 Å². The molecule has 2 rings (SSSR count). The van der Waals surface area contributed by atoms with Crippen LogP contribution in [-0.2, 0) is 10.0 Å². The van der Waals surface area contributed by atoms with E-state index in [0.717, 1.165) is 25.7 Å². The third-order valence-electron chi connectivity index (χ3n) is 3.37. The number of rotatable bonds is 4. The van der Waals surface area contributed by atoms with Gasteiger partial charge in [-0.05, 0) is 53.6 Å². The summed E-state index contributed by atoms with van der Waals surface area (Å²) in [5.74, 6) is 0.304. The summed E-state index contributed by atoms with van der Waals surface area (Å²) in [7, 11) is -3.50. The molecule has 1 aromatic heterocycles. The zero-order valence-electron chi connectivity index (χ0n) is 10.4. The Morgan fingerprint density at radius 3 is 2.63 bits per heavy atom. The summed E-state index contributed by atoms with van der Waals surface area (Å²) in [6, 6.07) is 1.53. The second-order valence-electron chi connectivity index (χ2n) is 4.87. The maximum Gasteiger partial charge on any atom is 0.242 e. The Hall–Kier alpha value is -0.500. The molecular weight excluding hydrogens is 332 g/mol. The van der Waals surface area contributed by atoms with Crippen molar-refractivity contribution in [2.75, 3.05) is 6.54 Å². The molecule has 0 bridgehead atoms. The molecule has 1 aliphatic rings. The molecule has 19 heavy (non-hydrogen) atoms. The van der Waals surface area contributed by atoms with Crippen LogP contribution in [0, 0.1) is 5.92 Å². The predicted molar refractivity (Wildman–Crippen MR) is 75.1 cm³/mol. The van der Waals surface area contributed by atoms with Crippen molar-refractivity contribution >= 4 is 26.0 Å². The van der Waals surface area contributed by atoms with Crippen LogP contribution in [0.3, 0.4) is 0 Å². The molecular formula is C12H17BrN2O3S. The van der Waals surface area contributed by atoms with Crippen LogP contribution in [0.1, 0.15) is 25.7 Å². The first kappa shape index (κ1) is 14.9. The van der Waals surface area contributed by atoms with Crippen molar-refractivity contribution in [3.05, 3.63) is 22.9 Å². The molecule has 5 nitrogen and oxygen atoms in total. The number of halogens is 1. The van der Waals surface area contributed by atoms with Gasteiger partial charge in [0.1, 0.15) is 4.90 Å². The quantitative estimate of drug-likeness (QED) is 0.867. The molecule has 1 aliphatic carbocycles. The van der Waals surface area contributed by atoms with Gasteiger partial charge in [-0.3, -0.25) is 4.98 Å². The number of sulfonamides is 1. The van der Waals surface area contributed by atoms with Gasteiger partial charge in [-0.1, -0.05) is 0 Å². The SMILES string of the molecule is O=S(=O)(NCC1CCC(O)CC1)c1cncc(Br)c1. The van der Waals surface area contributed by atoms with Crippen LogP contribution >= 0.6 is 15.9 Å². The van der Waals surface area contributed by atoms with Crippen LogP contribution in [0.4, 0.5) is 0 Å². The predicted octanol–water partition coefficient (Wildman–Crippen LogP) is 1.67. The van der Waals surface area contributed by atoms with Gasteiger partial charge in [0.15, 0.2) is 0 Å². The first-order chi connectivity index (χ1) is 8.97. The first-order valence-electron chi connectivity index (χ1n) is 6.25. The minimum atomic E-state index is -3.50. The molecule has 1 saturated carbocycles. The van der Waals surface area contributed by atoms with Crippen molar-refractivity contribution in [3.63, 3.8) is 0 Å². The monoisotopic (exact) mass is 348 g/mol. The summed E-state index contributed by atoms with van der Waals surface area (Å²) in [5.41, 5.74) is 0. The highest BCUT2D eigenvalue weighted by Gasteiger charge is 2.22. The molecule has 106 valence electrons. The summed E-state index contributed by atoms with van der Waals surface area (Å²) in [6.45, 7) is 0.418. The Morgan fingerprint density at radius 2 is 2.00 bits per heavy atom. The number of nitrogens with zero attached hydrogens (tertiary/aromatic N) is 1. The van der Waals surface area contributed by atoms with Gasteiger partial charge in [-0.25, -0.2) is 13.1 Å². The van der Waals surface area contributed by atoms with E-state index in [1.54, 1.807) is 6.20 Å². The number of pyridine rings is 1. The van der Waals surface area contributed by atoms with Crippen molar-refractivity contribution in [1.29, 1.82) is 0 Å². The summed E-state index contributed by atoms with van der Waals surface area (Å²) in [6.07, 6.45) is 5.89. The summed E-state index contributed by atoms with van der Waals surface area (Å²) in [5, 5.41) is 9.41. The van der Waals surface area contributed by atoms with Crippen LogP contribution in [0.15, 0.2) is 27.8 Å². The number of aliphatic hydroxyl groups is 1. The van der Waals surface area contributed by atoms with E-state index in [1.165, 1.54) is 12.3 Å². The second-order valence-corrected chi connectivity index (χ2v) is 7.55. The zero-order valence-corrected chi connectivity index (χ0v) is 12.8. The lowest BCUT2D eigenvalue weighted by molar-refractivity contribution is 0.109. The van der Waals surface area contributed by atoms with E-state index in [0.29, 0.717) is 16.9 Å². The number of hydrogen-bond acceptors (Lipinski definition) is 4. The molecule has 0 atom stereocenters. The van der Waals surface area contributed by atoms with Crippen LogP contribution in [0.5, 0.6) is 0 Å². The topological polar surface area (TPSA) is 79.3 Å². The van der Waals surface area contributed by atoms with Crippen molar-refractivity contribution in [2.24, 2.45) is 5.92 Å². The fraction of sp³-hybridized carbons (Fsp3) is 0.583. The Labute approximate surface area is 121 Å². The maximum absolute atomic E-state index is 12.1.